The maximum atomic E-state index is 11.0. The van der Waals surface area contributed by atoms with Crippen LogP contribution in [0.4, 0.5) is 5.95 Å². The molecule has 0 unspecified atom stereocenters. The van der Waals surface area contributed by atoms with Crippen molar-refractivity contribution in [2.45, 2.75) is 6.92 Å². The van der Waals surface area contributed by atoms with Gasteiger partial charge in [-0.3, -0.25) is 10.1 Å². The number of imidazole rings is 1. The number of nitrogens with one attached hydrogen (secondary N) is 1. The van der Waals surface area contributed by atoms with Crippen LogP contribution in [0.1, 0.15) is 6.92 Å². The fraction of sp³-hybridized carbons (Fsp3) is 0.167. The quantitative estimate of drug-likeness (QED) is 0.919. The van der Waals surface area contributed by atoms with E-state index in [0.717, 1.165) is 5.56 Å². The van der Waals surface area contributed by atoms with Gasteiger partial charge in [0.05, 0.1) is 0 Å². The van der Waals surface area contributed by atoms with Gasteiger partial charge in [0.25, 0.3) is 0 Å². The number of nitrogens with zero attached hydrogens (tertiary/aromatic N) is 2. The van der Waals surface area contributed by atoms with Crippen molar-refractivity contribution in [3.63, 3.8) is 0 Å². The van der Waals surface area contributed by atoms with E-state index in [2.05, 4.69) is 10.3 Å². The average Bonchev–Trinajstić information content (AvgIpc) is 2.58. The highest BCUT2D eigenvalue weighted by Crippen LogP contribution is 2.30. The van der Waals surface area contributed by atoms with Crippen LogP contribution in [-0.4, -0.2) is 15.5 Å². The molecule has 1 amide bonds. The van der Waals surface area contributed by atoms with Crippen molar-refractivity contribution in [1.82, 2.24) is 9.55 Å². The molecule has 1 N–H and O–H groups in total. The zero-order valence-corrected chi connectivity index (χ0v) is 11.4. The predicted molar refractivity (Wildman–Crippen MR) is 73.0 cm³/mol. The van der Waals surface area contributed by atoms with E-state index >= 15 is 0 Å². The molecule has 0 aliphatic rings. The van der Waals surface area contributed by atoms with Gasteiger partial charge in [-0.15, -0.1) is 0 Å². The molecule has 0 aliphatic heterocycles. The van der Waals surface area contributed by atoms with E-state index in [1.54, 1.807) is 23.7 Å². The van der Waals surface area contributed by atoms with Crippen LogP contribution in [0.2, 0.25) is 10.2 Å². The summed E-state index contributed by atoms with van der Waals surface area (Å²) in [5.41, 5.74) is 1.45. The number of carbonyl (C=O) groups is 1. The summed E-state index contributed by atoms with van der Waals surface area (Å²) in [4.78, 5) is 15.3. The topological polar surface area (TPSA) is 46.9 Å². The van der Waals surface area contributed by atoms with E-state index in [4.69, 9.17) is 23.2 Å². The first-order valence-electron chi connectivity index (χ1n) is 5.25. The summed E-state index contributed by atoms with van der Waals surface area (Å²) in [5, 5.41) is 3.72. The molecule has 1 heterocycles. The molecule has 0 saturated carbocycles. The molecular weight excluding hydrogens is 273 g/mol. The van der Waals surface area contributed by atoms with E-state index < -0.39 is 0 Å². The zero-order valence-electron chi connectivity index (χ0n) is 9.87. The van der Waals surface area contributed by atoms with Gasteiger partial charge in [-0.05, 0) is 12.1 Å². The monoisotopic (exact) mass is 283 g/mol. The summed E-state index contributed by atoms with van der Waals surface area (Å²) in [5.74, 6) is 0.222. The third kappa shape index (κ3) is 2.49. The second-order valence-corrected chi connectivity index (χ2v) is 4.62. The fourth-order valence-electron chi connectivity index (χ4n) is 1.54. The number of hydrogen-bond donors (Lipinski definition) is 1. The molecule has 0 spiro atoms. The van der Waals surface area contributed by atoms with Crippen molar-refractivity contribution in [1.29, 1.82) is 0 Å². The van der Waals surface area contributed by atoms with Crippen LogP contribution in [0.5, 0.6) is 0 Å². The molecule has 0 aliphatic carbocycles. The Bertz CT molecular complexity index is 590. The molecule has 6 heteroatoms. The maximum absolute atomic E-state index is 11.0. The van der Waals surface area contributed by atoms with E-state index in [1.165, 1.54) is 6.92 Å². The first-order valence-corrected chi connectivity index (χ1v) is 6.00. The number of aromatic nitrogens is 2. The minimum Gasteiger partial charge on any atom is -0.304 e. The summed E-state index contributed by atoms with van der Waals surface area (Å²) in [6, 6.07) is 7.18. The highest BCUT2D eigenvalue weighted by Gasteiger charge is 2.15. The number of hydrogen-bond acceptors (Lipinski definition) is 2. The SMILES string of the molecule is CC(=O)Nc1nc(-c2ccc(Cl)cc2)c(Cl)n1C. The molecule has 1 aromatic heterocycles. The van der Waals surface area contributed by atoms with E-state index in [-0.39, 0.29) is 5.91 Å². The lowest BCUT2D eigenvalue weighted by Gasteiger charge is -2.00. The van der Waals surface area contributed by atoms with Crippen LogP contribution in [0.15, 0.2) is 24.3 Å². The molecule has 2 aromatic rings. The lowest BCUT2D eigenvalue weighted by Crippen LogP contribution is -2.10. The molecule has 0 saturated heterocycles. The smallest absolute Gasteiger partial charge is 0.223 e. The minimum absolute atomic E-state index is 0.192. The van der Waals surface area contributed by atoms with Crippen molar-refractivity contribution in [3.8, 4) is 11.3 Å². The standard InChI is InChI=1S/C12H11Cl2N3O/c1-7(18)15-12-16-10(11(14)17(12)2)8-3-5-9(13)6-4-8/h3-6H,1-2H3,(H,15,16,18). The van der Waals surface area contributed by atoms with Gasteiger partial charge in [0.15, 0.2) is 0 Å². The molecule has 4 nitrogen and oxygen atoms in total. The second-order valence-electron chi connectivity index (χ2n) is 3.82. The Morgan fingerprint density at radius 2 is 1.89 bits per heavy atom. The van der Waals surface area contributed by atoms with Crippen LogP contribution in [-0.2, 0) is 11.8 Å². The van der Waals surface area contributed by atoms with Crippen molar-refractivity contribution in [3.05, 3.63) is 34.4 Å². The summed E-state index contributed by atoms with van der Waals surface area (Å²) >= 11 is 12.0. The third-order valence-corrected chi connectivity index (χ3v) is 3.12. The maximum Gasteiger partial charge on any atom is 0.223 e. The predicted octanol–water partition coefficient (Wildman–Crippen LogP) is 3.35. The lowest BCUT2D eigenvalue weighted by atomic mass is 10.2. The van der Waals surface area contributed by atoms with Gasteiger partial charge in [-0.25, -0.2) is 4.98 Å². The summed E-state index contributed by atoms with van der Waals surface area (Å²) in [7, 11) is 1.74. The van der Waals surface area contributed by atoms with Gasteiger partial charge in [0.1, 0.15) is 10.8 Å². The number of carbonyl (C=O) groups excluding carboxylic acids is 1. The highest BCUT2D eigenvalue weighted by molar-refractivity contribution is 6.32. The molecule has 0 atom stereocenters. The van der Waals surface area contributed by atoms with Gasteiger partial charge < -0.3 is 4.57 Å². The Labute approximate surface area is 115 Å². The number of amides is 1. The first kappa shape index (κ1) is 12.9. The van der Waals surface area contributed by atoms with Gasteiger partial charge in [0, 0.05) is 24.6 Å². The zero-order chi connectivity index (χ0) is 13.3. The molecule has 1 aromatic carbocycles. The Morgan fingerprint density at radius 1 is 1.28 bits per heavy atom. The largest absolute Gasteiger partial charge is 0.304 e. The lowest BCUT2D eigenvalue weighted by molar-refractivity contribution is -0.114. The van der Waals surface area contributed by atoms with Gasteiger partial charge >= 0.3 is 0 Å². The summed E-state index contributed by atoms with van der Waals surface area (Å²) in [6.45, 7) is 1.42. The van der Waals surface area contributed by atoms with Crippen LogP contribution >= 0.6 is 23.2 Å². The van der Waals surface area contributed by atoms with Gasteiger partial charge in [-0.1, -0.05) is 35.3 Å². The Morgan fingerprint density at radius 3 is 2.44 bits per heavy atom. The minimum atomic E-state index is -0.192. The van der Waals surface area contributed by atoms with E-state index in [0.29, 0.717) is 21.8 Å². The van der Waals surface area contributed by atoms with Crippen molar-refractivity contribution in [2.75, 3.05) is 5.32 Å². The van der Waals surface area contributed by atoms with Crippen LogP contribution in [0, 0.1) is 0 Å². The molecule has 18 heavy (non-hydrogen) atoms. The molecular formula is C12H11Cl2N3O. The van der Waals surface area contributed by atoms with Crippen molar-refractivity contribution >= 4 is 35.1 Å². The highest BCUT2D eigenvalue weighted by atomic mass is 35.5. The number of benzene rings is 1. The second kappa shape index (κ2) is 5.00. The average molecular weight is 284 g/mol. The summed E-state index contributed by atoms with van der Waals surface area (Å²) in [6.07, 6.45) is 0. The Balaban J connectivity index is 2.45. The Kier molecular flexibility index (Phi) is 3.59. The summed E-state index contributed by atoms with van der Waals surface area (Å²) < 4.78 is 1.62. The van der Waals surface area contributed by atoms with E-state index in [1.807, 2.05) is 12.1 Å². The molecule has 0 fully saturated rings. The number of anilines is 1. The third-order valence-electron chi connectivity index (χ3n) is 2.43. The number of rotatable bonds is 2. The van der Waals surface area contributed by atoms with Gasteiger partial charge in [-0.2, -0.15) is 0 Å². The first-order chi connectivity index (χ1) is 8.49. The molecule has 0 radical (unpaired) electrons. The normalized spacial score (nSPS) is 10.4. The van der Waals surface area contributed by atoms with E-state index in [9.17, 15) is 4.79 Å². The molecule has 2 rings (SSSR count). The van der Waals surface area contributed by atoms with Crippen molar-refractivity contribution < 1.29 is 4.79 Å². The fourth-order valence-corrected chi connectivity index (χ4v) is 1.90. The van der Waals surface area contributed by atoms with Crippen molar-refractivity contribution in [2.24, 2.45) is 7.05 Å². The van der Waals surface area contributed by atoms with Crippen LogP contribution < -0.4 is 5.32 Å². The van der Waals surface area contributed by atoms with Crippen LogP contribution in [0.3, 0.4) is 0 Å². The molecule has 94 valence electrons. The number of halogens is 2. The Hall–Kier alpha value is -1.52. The van der Waals surface area contributed by atoms with Gasteiger partial charge in [0.2, 0.25) is 11.9 Å². The molecule has 0 bridgehead atoms. The van der Waals surface area contributed by atoms with Crippen LogP contribution in [0.25, 0.3) is 11.3 Å².